The van der Waals surface area contributed by atoms with Crippen molar-refractivity contribution in [1.82, 2.24) is 0 Å². The van der Waals surface area contributed by atoms with E-state index in [1.807, 2.05) is 43.3 Å². The first-order chi connectivity index (χ1) is 11.1. The fourth-order valence-electron chi connectivity index (χ4n) is 2.61. The molecule has 0 bridgehead atoms. The number of aryl methyl sites for hydroxylation is 1. The molecule has 0 spiro atoms. The number of nitrogens with zero attached hydrogens (tertiary/aromatic N) is 1. The molecule has 4 nitrogen and oxygen atoms in total. The van der Waals surface area contributed by atoms with Crippen LogP contribution in [0.1, 0.15) is 15.9 Å². The summed E-state index contributed by atoms with van der Waals surface area (Å²) in [4.78, 5) is 14.6. The van der Waals surface area contributed by atoms with Crippen LogP contribution in [-0.4, -0.2) is 32.2 Å². The molecule has 2 aromatic rings. The number of hydrogen-bond donors (Lipinski definition) is 1. The van der Waals surface area contributed by atoms with E-state index in [0.29, 0.717) is 10.6 Å². The molecule has 1 saturated heterocycles. The maximum atomic E-state index is 12.4. The number of morpholine rings is 1. The van der Waals surface area contributed by atoms with Crippen molar-refractivity contribution in [3.05, 3.63) is 58.6 Å². The molecule has 1 fully saturated rings. The lowest BCUT2D eigenvalue weighted by Gasteiger charge is -2.28. The highest BCUT2D eigenvalue weighted by molar-refractivity contribution is 6.30. The highest BCUT2D eigenvalue weighted by Gasteiger charge is 2.12. The number of anilines is 2. The van der Waals surface area contributed by atoms with E-state index in [-0.39, 0.29) is 5.91 Å². The van der Waals surface area contributed by atoms with E-state index in [2.05, 4.69) is 10.2 Å². The third-order valence-corrected chi connectivity index (χ3v) is 4.18. The number of hydrogen-bond acceptors (Lipinski definition) is 3. The summed E-state index contributed by atoms with van der Waals surface area (Å²) in [5.74, 6) is -0.121. The van der Waals surface area contributed by atoms with Crippen LogP contribution in [-0.2, 0) is 4.74 Å². The normalized spacial score (nSPS) is 14.6. The van der Waals surface area contributed by atoms with E-state index in [9.17, 15) is 4.79 Å². The lowest BCUT2D eigenvalue weighted by atomic mass is 10.1. The van der Waals surface area contributed by atoms with Crippen LogP contribution in [0.3, 0.4) is 0 Å². The van der Waals surface area contributed by atoms with Crippen molar-refractivity contribution in [3.63, 3.8) is 0 Å². The topological polar surface area (TPSA) is 41.6 Å². The Labute approximate surface area is 141 Å². The number of amides is 1. The number of halogens is 1. The van der Waals surface area contributed by atoms with E-state index in [1.54, 1.807) is 6.07 Å². The number of benzene rings is 2. The fourth-order valence-corrected chi connectivity index (χ4v) is 2.83. The molecule has 1 aliphatic rings. The van der Waals surface area contributed by atoms with Crippen molar-refractivity contribution in [3.8, 4) is 0 Å². The molecule has 0 aliphatic carbocycles. The van der Waals surface area contributed by atoms with Gasteiger partial charge in [0.25, 0.3) is 5.91 Å². The van der Waals surface area contributed by atoms with Crippen LogP contribution in [0, 0.1) is 6.92 Å². The molecule has 3 rings (SSSR count). The predicted octanol–water partition coefficient (Wildman–Crippen LogP) is 3.74. The summed E-state index contributed by atoms with van der Waals surface area (Å²) in [5, 5.41) is 3.58. The molecule has 1 amide bonds. The van der Waals surface area contributed by atoms with Gasteiger partial charge in [-0.25, -0.2) is 0 Å². The van der Waals surface area contributed by atoms with Crippen molar-refractivity contribution in [2.45, 2.75) is 6.92 Å². The van der Waals surface area contributed by atoms with Gasteiger partial charge >= 0.3 is 0 Å². The molecule has 1 N–H and O–H groups in total. The van der Waals surface area contributed by atoms with Crippen LogP contribution in [0.2, 0.25) is 5.02 Å². The second-order valence-electron chi connectivity index (χ2n) is 5.56. The first kappa shape index (κ1) is 15.8. The summed E-state index contributed by atoms with van der Waals surface area (Å²) in [6.07, 6.45) is 0. The third kappa shape index (κ3) is 3.84. The zero-order valence-corrected chi connectivity index (χ0v) is 13.8. The molecule has 0 aromatic heterocycles. The van der Waals surface area contributed by atoms with Crippen LogP contribution in [0.25, 0.3) is 0 Å². The summed E-state index contributed by atoms with van der Waals surface area (Å²) in [6.45, 7) is 5.18. The van der Waals surface area contributed by atoms with Gasteiger partial charge < -0.3 is 15.0 Å². The summed E-state index contributed by atoms with van der Waals surface area (Å²) >= 11 is 5.94. The van der Waals surface area contributed by atoms with Crippen molar-refractivity contribution < 1.29 is 9.53 Å². The summed E-state index contributed by atoms with van der Waals surface area (Å²) in [5.41, 5.74) is 3.47. The molecule has 5 heteroatoms. The molecular formula is C18H19ClN2O2. The molecule has 0 saturated carbocycles. The van der Waals surface area contributed by atoms with Gasteiger partial charge in [0.05, 0.1) is 13.2 Å². The van der Waals surface area contributed by atoms with Crippen LogP contribution < -0.4 is 10.2 Å². The SMILES string of the molecule is Cc1cc(Cl)ccc1NC(=O)c1ccc(N2CCOCC2)cc1. The Balaban J connectivity index is 1.69. The molecule has 0 radical (unpaired) electrons. The van der Waals surface area contributed by atoms with Gasteiger partial charge in [-0.3, -0.25) is 4.79 Å². The predicted molar refractivity (Wildman–Crippen MR) is 93.6 cm³/mol. The maximum Gasteiger partial charge on any atom is 0.255 e. The lowest BCUT2D eigenvalue weighted by Crippen LogP contribution is -2.36. The fraction of sp³-hybridized carbons (Fsp3) is 0.278. The molecule has 0 atom stereocenters. The molecule has 1 aliphatic heterocycles. The number of ether oxygens (including phenoxy) is 1. The van der Waals surface area contributed by atoms with Gasteiger partial charge in [-0.2, -0.15) is 0 Å². The first-order valence-corrected chi connectivity index (χ1v) is 8.01. The van der Waals surface area contributed by atoms with Crippen molar-refractivity contribution in [2.75, 3.05) is 36.5 Å². The Bertz CT molecular complexity index is 695. The second-order valence-corrected chi connectivity index (χ2v) is 6.00. The van der Waals surface area contributed by atoms with E-state index in [1.165, 1.54) is 0 Å². The number of carbonyl (C=O) groups is 1. The minimum atomic E-state index is -0.121. The van der Waals surface area contributed by atoms with Crippen LogP contribution >= 0.6 is 11.6 Å². The third-order valence-electron chi connectivity index (χ3n) is 3.94. The smallest absolute Gasteiger partial charge is 0.255 e. The zero-order chi connectivity index (χ0) is 16.2. The van der Waals surface area contributed by atoms with E-state index in [4.69, 9.17) is 16.3 Å². The largest absolute Gasteiger partial charge is 0.378 e. The standard InChI is InChI=1S/C18H19ClN2O2/c1-13-12-15(19)4-7-17(13)20-18(22)14-2-5-16(6-3-14)21-8-10-23-11-9-21/h2-7,12H,8-11H2,1H3,(H,20,22). The molecule has 1 heterocycles. The highest BCUT2D eigenvalue weighted by atomic mass is 35.5. The Morgan fingerprint density at radius 2 is 1.83 bits per heavy atom. The molecule has 2 aromatic carbocycles. The number of carbonyl (C=O) groups excluding carboxylic acids is 1. The number of rotatable bonds is 3. The van der Waals surface area contributed by atoms with Crippen molar-refractivity contribution >= 4 is 28.9 Å². The average Bonchev–Trinajstić information content (AvgIpc) is 2.58. The van der Waals surface area contributed by atoms with Gasteiger partial charge in [0.1, 0.15) is 0 Å². The van der Waals surface area contributed by atoms with Crippen molar-refractivity contribution in [1.29, 1.82) is 0 Å². The quantitative estimate of drug-likeness (QED) is 0.932. The zero-order valence-electron chi connectivity index (χ0n) is 13.0. The lowest BCUT2D eigenvalue weighted by molar-refractivity contribution is 0.102. The first-order valence-electron chi connectivity index (χ1n) is 7.64. The molecular weight excluding hydrogens is 312 g/mol. The highest BCUT2D eigenvalue weighted by Crippen LogP contribution is 2.21. The van der Waals surface area contributed by atoms with Crippen LogP contribution in [0.5, 0.6) is 0 Å². The Kier molecular flexibility index (Phi) is 4.84. The van der Waals surface area contributed by atoms with E-state index < -0.39 is 0 Å². The minimum absolute atomic E-state index is 0.121. The Hall–Kier alpha value is -2.04. The molecule has 0 unspecified atom stereocenters. The molecule has 120 valence electrons. The average molecular weight is 331 g/mol. The summed E-state index contributed by atoms with van der Waals surface area (Å²) in [7, 11) is 0. The summed E-state index contributed by atoms with van der Waals surface area (Å²) < 4.78 is 5.35. The Morgan fingerprint density at radius 1 is 1.13 bits per heavy atom. The van der Waals surface area contributed by atoms with Crippen LogP contribution in [0.15, 0.2) is 42.5 Å². The maximum absolute atomic E-state index is 12.4. The van der Waals surface area contributed by atoms with Gasteiger partial charge in [-0.1, -0.05) is 11.6 Å². The molecule has 23 heavy (non-hydrogen) atoms. The minimum Gasteiger partial charge on any atom is -0.378 e. The van der Waals surface area contributed by atoms with E-state index in [0.717, 1.165) is 43.2 Å². The van der Waals surface area contributed by atoms with Gasteiger partial charge in [0, 0.05) is 35.1 Å². The van der Waals surface area contributed by atoms with Gasteiger partial charge in [0.2, 0.25) is 0 Å². The van der Waals surface area contributed by atoms with E-state index >= 15 is 0 Å². The Morgan fingerprint density at radius 3 is 2.48 bits per heavy atom. The second kappa shape index (κ2) is 7.02. The van der Waals surface area contributed by atoms with Gasteiger partial charge in [-0.05, 0) is 55.0 Å². The number of nitrogens with one attached hydrogen (secondary N) is 1. The van der Waals surface area contributed by atoms with Crippen molar-refractivity contribution in [2.24, 2.45) is 0 Å². The summed E-state index contributed by atoms with van der Waals surface area (Å²) in [6, 6.07) is 13.1. The van der Waals surface area contributed by atoms with Gasteiger partial charge in [-0.15, -0.1) is 0 Å². The van der Waals surface area contributed by atoms with Gasteiger partial charge in [0.15, 0.2) is 0 Å². The monoisotopic (exact) mass is 330 g/mol. The van der Waals surface area contributed by atoms with Crippen LogP contribution in [0.4, 0.5) is 11.4 Å².